The largest absolute Gasteiger partial charge is 0.300 e. The van der Waals surface area contributed by atoms with E-state index < -0.39 is 19.7 Å². The molecule has 0 aromatic heterocycles. The highest BCUT2D eigenvalue weighted by Gasteiger charge is 2.34. The molecule has 24 heavy (non-hydrogen) atoms. The van der Waals surface area contributed by atoms with Crippen molar-refractivity contribution in [3.8, 4) is 12.1 Å². The number of rotatable bonds is 4. The van der Waals surface area contributed by atoms with E-state index in [-0.39, 0.29) is 11.4 Å². The van der Waals surface area contributed by atoms with Gasteiger partial charge in [0.25, 0.3) is 0 Å². The Labute approximate surface area is 142 Å². The van der Waals surface area contributed by atoms with Gasteiger partial charge in [0.2, 0.25) is 5.71 Å². The summed E-state index contributed by atoms with van der Waals surface area (Å²) in [5.74, 6) is 0. The molecule has 0 radical (unpaired) electrons. The normalized spacial score (nSPS) is 16.9. The van der Waals surface area contributed by atoms with Crippen molar-refractivity contribution in [2.24, 2.45) is 10.2 Å². The summed E-state index contributed by atoms with van der Waals surface area (Å²) in [6, 6.07) is 9.55. The number of thioether (sulfide) groups is 1. The Morgan fingerprint density at radius 2 is 1.96 bits per heavy atom. The number of nitriles is 2. The van der Waals surface area contributed by atoms with E-state index in [1.165, 1.54) is 0 Å². The fourth-order valence-corrected chi connectivity index (χ4v) is 3.89. The quantitative estimate of drug-likeness (QED) is 0.600. The van der Waals surface area contributed by atoms with Gasteiger partial charge in [-0.15, -0.1) is 0 Å². The van der Waals surface area contributed by atoms with Crippen molar-refractivity contribution in [2.45, 2.75) is 4.58 Å². The molecule has 0 aliphatic carbocycles. The molecule has 1 amide bonds. The monoisotopic (exact) mass is 362 g/mol. The minimum absolute atomic E-state index is 0.215. The van der Waals surface area contributed by atoms with Crippen LogP contribution in [0.3, 0.4) is 0 Å². The van der Waals surface area contributed by atoms with E-state index >= 15 is 0 Å². The summed E-state index contributed by atoms with van der Waals surface area (Å²) < 4.78 is 22.6. The molecule has 0 bridgehead atoms. The lowest BCUT2D eigenvalue weighted by Crippen LogP contribution is -2.36. The van der Waals surface area contributed by atoms with Crippen LogP contribution in [0.4, 0.5) is 10.5 Å². The smallest absolute Gasteiger partial charge is 0.277 e. The second-order valence-corrected chi connectivity index (χ2v) is 8.06. The van der Waals surface area contributed by atoms with Crippen LogP contribution in [-0.4, -0.2) is 35.9 Å². The van der Waals surface area contributed by atoms with E-state index in [2.05, 4.69) is 21.1 Å². The number of anilines is 1. The van der Waals surface area contributed by atoms with Crippen LogP contribution >= 0.6 is 11.8 Å². The first-order chi connectivity index (χ1) is 11.3. The van der Waals surface area contributed by atoms with Crippen LogP contribution in [0, 0.1) is 22.7 Å². The van der Waals surface area contributed by atoms with Crippen LogP contribution in [0.5, 0.6) is 0 Å². The van der Waals surface area contributed by atoms with Gasteiger partial charge < -0.3 is 0 Å². The number of nitrogens with one attached hydrogen (secondary N) is 2. The van der Waals surface area contributed by atoms with Crippen molar-refractivity contribution in [1.29, 1.82) is 10.5 Å². The average Bonchev–Trinajstić information content (AvgIpc) is 2.55. The molecule has 2 rings (SSSR count). The van der Waals surface area contributed by atoms with Gasteiger partial charge in [0.15, 0.2) is 14.4 Å². The molecule has 2 N–H and O–H groups in total. The van der Waals surface area contributed by atoms with E-state index in [0.29, 0.717) is 23.0 Å². The lowest BCUT2D eigenvalue weighted by Gasteiger charge is -2.20. The summed E-state index contributed by atoms with van der Waals surface area (Å²) in [7, 11) is -3.53. The first-order valence-electron chi connectivity index (χ1n) is 6.32. The lowest BCUT2D eigenvalue weighted by molar-refractivity contribution is 0.261. The standard InChI is InChI=1S/C13H10N6O3S2/c1-24(21,22)12-11(18-19-13(20)23-12)8-2-4-9(5-3-8)16-17-10(6-14)7-15/h2-5,12,16H,1H3,(H,19,20). The van der Waals surface area contributed by atoms with Crippen LogP contribution in [0.2, 0.25) is 0 Å². The number of hydrazone groups is 2. The van der Waals surface area contributed by atoms with Gasteiger partial charge in [-0.2, -0.15) is 20.7 Å². The van der Waals surface area contributed by atoms with Gasteiger partial charge in [0.1, 0.15) is 12.1 Å². The number of carbonyl (C=O) groups excluding carboxylic acids is 1. The van der Waals surface area contributed by atoms with E-state index in [1.807, 2.05) is 0 Å². The Morgan fingerprint density at radius 3 is 2.50 bits per heavy atom. The van der Waals surface area contributed by atoms with Gasteiger partial charge in [-0.1, -0.05) is 12.1 Å². The van der Waals surface area contributed by atoms with Crippen LogP contribution in [0.25, 0.3) is 0 Å². The Morgan fingerprint density at radius 1 is 1.33 bits per heavy atom. The van der Waals surface area contributed by atoms with Crippen molar-refractivity contribution in [3.63, 3.8) is 0 Å². The number of sulfone groups is 1. The Kier molecular flexibility index (Phi) is 5.18. The van der Waals surface area contributed by atoms with Crippen molar-refractivity contribution in [3.05, 3.63) is 29.8 Å². The zero-order chi connectivity index (χ0) is 17.7. The maximum Gasteiger partial charge on any atom is 0.300 e. The molecule has 0 saturated carbocycles. The summed E-state index contributed by atoms with van der Waals surface area (Å²) in [6.45, 7) is 0. The maximum absolute atomic E-state index is 11.9. The van der Waals surface area contributed by atoms with Crippen molar-refractivity contribution in [1.82, 2.24) is 5.43 Å². The highest BCUT2D eigenvalue weighted by molar-refractivity contribution is 8.23. The van der Waals surface area contributed by atoms with Crippen molar-refractivity contribution < 1.29 is 13.2 Å². The number of hydrogen-bond donors (Lipinski definition) is 2. The number of hydrogen-bond acceptors (Lipinski definition) is 9. The van der Waals surface area contributed by atoms with Crippen LogP contribution < -0.4 is 10.9 Å². The summed E-state index contributed by atoms with van der Waals surface area (Å²) >= 11 is 0.642. The maximum atomic E-state index is 11.9. The van der Waals surface area contributed by atoms with E-state index in [0.717, 1.165) is 6.26 Å². The van der Waals surface area contributed by atoms with E-state index in [9.17, 15) is 13.2 Å². The van der Waals surface area contributed by atoms with Crippen LogP contribution in [0.1, 0.15) is 5.56 Å². The van der Waals surface area contributed by atoms with Crippen molar-refractivity contribution in [2.75, 3.05) is 11.7 Å². The van der Waals surface area contributed by atoms with Gasteiger partial charge in [0.05, 0.1) is 11.4 Å². The third-order valence-corrected chi connectivity index (χ3v) is 5.86. The predicted molar refractivity (Wildman–Crippen MR) is 90.0 cm³/mol. The minimum Gasteiger partial charge on any atom is -0.277 e. The van der Waals surface area contributed by atoms with E-state index in [4.69, 9.17) is 10.5 Å². The van der Waals surface area contributed by atoms with Crippen LogP contribution in [0.15, 0.2) is 34.5 Å². The molecule has 1 aliphatic heterocycles. The van der Waals surface area contributed by atoms with Gasteiger partial charge in [-0.3, -0.25) is 10.2 Å². The van der Waals surface area contributed by atoms with Crippen LogP contribution in [-0.2, 0) is 9.84 Å². The molecule has 1 atom stereocenters. The topological polar surface area (TPSA) is 148 Å². The average molecular weight is 362 g/mol. The molecular formula is C13H10N6O3S2. The third kappa shape index (κ3) is 4.10. The van der Waals surface area contributed by atoms with Gasteiger partial charge >= 0.3 is 5.24 Å². The molecule has 122 valence electrons. The lowest BCUT2D eigenvalue weighted by atomic mass is 10.1. The molecule has 1 unspecified atom stereocenters. The highest BCUT2D eigenvalue weighted by Crippen LogP contribution is 2.26. The summed E-state index contributed by atoms with van der Waals surface area (Å²) in [4.78, 5) is 11.4. The molecular weight excluding hydrogens is 352 g/mol. The second-order valence-electron chi connectivity index (χ2n) is 4.55. The fourth-order valence-electron chi connectivity index (χ4n) is 1.74. The minimum atomic E-state index is -3.53. The Bertz CT molecular complexity index is 891. The van der Waals surface area contributed by atoms with Crippen molar-refractivity contribution >= 4 is 43.9 Å². The highest BCUT2D eigenvalue weighted by atomic mass is 32.3. The number of carbonyl (C=O) groups is 1. The molecule has 1 aromatic carbocycles. The fraction of sp³-hybridized carbons (Fsp3) is 0.154. The summed E-state index contributed by atoms with van der Waals surface area (Å²) in [5, 5.41) is 24.1. The second kappa shape index (κ2) is 7.12. The molecule has 0 fully saturated rings. The van der Waals surface area contributed by atoms with Gasteiger partial charge in [0, 0.05) is 11.8 Å². The molecule has 0 spiro atoms. The first kappa shape index (κ1) is 17.5. The number of amides is 1. The van der Waals surface area contributed by atoms with Gasteiger partial charge in [-0.25, -0.2) is 13.8 Å². The molecule has 11 heteroatoms. The first-order valence-corrected chi connectivity index (χ1v) is 9.16. The molecule has 0 saturated heterocycles. The molecule has 1 aliphatic rings. The third-order valence-electron chi connectivity index (χ3n) is 2.78. The molecule has 1 heterocycles. The molecule has 1 aromatic rings. The number of nitrogens with zero attached hydrogens (tertiary/aromatic N) is 4. The number of benzene rings is 1. The Balaban J connectivity index is 2.27. The molecule has 9 nitrogen and oxygen atoms in total. The summed E-state index contributed by atoms with van der Waals surface area (Å²) in [5.41, 5.74) is 5.66. The Hall–Kier alpha value is -2.89. The predicted octanol–water partition coefficient (Wildman–Crippen LogP) is 1.03. The zero-order valence-corrected chi connectivity index (χ0v) is 13.8. The zero-order valence-electron chi connectivity index (χ0n) is 12.2. The van der Waals surface area contributed by atoms with Gasteiger partial charge in [-0.05, 0) is 23.9 Å². The van der Waals surface area contributed by atoms with E-state index in [1.54, 1.807) is 36.4 Å². The summed E-state index contributed by atoms with van der Waals surface area (Å²) in [6.07, 6.45) is 1.04. The SMILES string of the molecule is CS(=O)(=O)C1SC(=O)NN=C1c1ccc(NN=C(C#N)C#N)cc1.